The fraction of sp³-hybridized carbons (Fsp3) is 0.267. The zero-order valence-electron chi connectivity index (χ0n) is 12.6. The van der Waals surface area contributed by atoms with Crippen molar-refractivity contribution in [2.45, 2.75) is 6.92 Å². The molecule has 114 valence electrons. The van der Waals surface area contributed by atoms with Gasteiger partial charge in [0.2, 0.25) is 11.8 Å². The minimum Gasteiger partial charge on any atom is -0.482 e. The summed E-state index contributed by atoms with van der Waals surface area (Å²) >= 11 is 1.25. The van der Waals surface area contributed by atoms with Gasteiger partial charge < -0.3 is 14.6 Å². The van der Waals surface area contributed by atoms with Crippen molar-refractivity contribution in [1.82, 2.24) is 13.9 Å². The van der Waals surface area contributed by atoms with Crippen LogP contribution in [0.5, 0.6) is 5.88 Å². The molecule has 0 aliphatic carbocycles. The molecule has 0 fully saturated rings. The third-order valence-electron chi connectivity index (χ3n) is 3.73. The number of nitrogens with zero attached hydrogens (tertiary/aromatic N) is 3. The first-order valence-electron chi connectivity index (χ1n) is 6.78. The number of carbonyl (C=O) groups excluding carboxylic acids is 1. The van der Waals surface area contributed by atoms with Crippen LogP contribution in [0, 0.1) is 6.92 Å². The number of ether oxygens (including phenoxy) is 1. The first kappa shape index (κ1) is 14.5. The average molecular weight is 316 g/mol. The number of methoxy groups -OCH3 is 1. The van der Waals surface area contributed by atoms with E-state index in [1.54, 1.807) is 12.6 Å². The summed E-state index contributed by atoms with van der Waals surface area (Å²) < 4.78 is 11.4. The summed E-state index contributed by atoms with van der Waals surface area (Å²) in [5.74, 6) is 1.28. The third-order valence-corrected chi connectivity index (χ3v) is 4.21. The molecule has 0 bridgehead atoms. The van der Waals surface area contributed by atoms with E-state index in [0.29, 0.717) is 11.5 Å². The van der Waals surface area contributed by atoms with Gasteiger partial charge >= 0.3 is 0 Å². The van der Waals surface area contributed by atoms with Crippen molar-refractivity contribution >= 4 is 34.0 Å². The fourth-order valence-electron chi connectivity index (χ4n) is 2.47. The Hall–Kier alpha value is -2.41. The molecule has 7 heteroatoms. The van der Waals surface area contributed by atoms with Crippen LogP contribution in [-0.2, 0) is 7.05 Å². The van der Waals surface area contributed by atoms with Crippen LogP contribution in [0.15, 0.2) is 23.7 Å². The van der Waals surface area contributed by atoms with E-state index >= 15 is 0 Å². The second kappa shape index (κ2) is 5.76. The SMILES string of the molecule is COc1c2ccc(C(=O)CNc3ncsn3)cc2c(C)n1C. The van der Waals surface area contributed by atoms with Crippen LogP contribution in [0.3, 0.4) is 0 Å². The van der Waals surface area contributed by atoms with Crippen molar-refractivity contribution in [2.24, 2.45) is 7.05 Å². The molecule has 3 aromatic rings. The standard InChI is InChI=1S/C15H16N4O2S/c1-9-12-6-10(4-5-11(12)14(21-3)19(9)2)13(20)7-16-15-17-8-22-18-15/h4-6,8H,7H2,1-3H3,(H,16,18). The van der Waals surface area contributed by atoms with Crippen molar-refractivity contribution in [3.63, 3.8) is 0 Å². The Bertz CT molecular complexity index is 824. The molecule has 0 amide bonds. The lowest BCUT2D eigenvalue weighted by Crippen LogP contribution is -2.14. The number of nitrogens with one attached hydrogen (secondary N) is 1. The number of hydrogen-bond donors (Lipinski definition) is 1. The largest absolute Gasteiger partial charge is 0.482 e. The zero-order chi connectivity index (χ0) is 15.7. The lowest BCUT2D eigenvalue weighted by Gasteiger charge is -2.03. The number of aryl methyl sites for hydroxylation is 1. The van der Waals surface area contributed by atoms with Gasteiger partial charge in [-0.1, -0.05) is 6.07 Å². The average Bonchev–Trinajstić information content (AvgIpc) is 3.13. The van der Waals surface area contributed by atoms with Crippen LogP contribution in [0.2, 0.25) is 0 Å². The van der Waals surface area contributed by atoms with Gasteiger partial charge in [0.1, 0.15) is 5.51 Å². The van der Waals surface area contributed by atoms with Crippen molar-refractivity contribution in [3.05, 3.63) is 35.0 Å². The summed E-state index contributed by atoms with van der Waals surface area (Å²) in [6, 6.07) is 5.66. The molecule has 0 saturated carbocycles. The molecule has 0 saturated heterocycles. The fourth-order valence-corrected chi connectivity index (χ4v) is 2.88. The minimum absolute atomic E-state index is 0.00100. The van der Waals surface area contributed by atoms with Crippen molar-refractivity contribution in [1.29, 1.82) is 0 Å². The quantitative estimate of drug-likeness (QED) is 0.733. The zero-order valence-corrected chi connectivity index (χ0v) is 13.4. The van der Waals surface area contributed by atoms with E-state index in [9.17, 15) is 4.79 Å². The summed E-state index contributed by atoms with van der Waals surface area (Å²) in [7, 11) is 3.60. The molecule has 6 nitrogen and oxygen atoms in total. The maximum Gasteiger partial charge on any atom is 0.234 e. The molecule has 1 aromatic carbocycles. The topological polar surface area (TPSA) is 69.0 Å². The highest BCUT2D eigenvalue weighted by Crippen LogP contribution is 2.31. The highest BCUT2D eigenvalue weighted by Gasteiger charge is 2.15. The Morgan fingerprint density at radius 3 is 2.91 bits per heavy atom. The summed E-state index contributed by atoms with van der Waals surface area (Å²) in [5, 5.41) is 4.95. The molecule has 0 unspecified atom stereocenters. The second-order valence-corrected chi connectivity index (χ2v) is 5.55. The Kier molecular flexibility index (Phi) is 3.81. The van der Waals surface area contributed by atoms with E-state index < -0.39 is 0 Å². The number of ketones is 1. The van der Waals surface area contributed by atoms with Gasteiger partial charge in [-0.05, 0) is 30.6 Å². The number of aromatic nitrogens is 3. The number of hydrogen-bond acceptors (Lipinski definition) is 6. The van der Waals surface area contributed by atoms with Crippen LogP contribution in [0.4, 0.5) is 5.95 Å². The molecular formula is C15H16N4O2S. The lowest BCUT2D eigenvalue weighted by molar-refractivity contribution is 0.101. The first-order valence-corrected chi connectivity index (χ1v) is 7.62. The molecule has 2 heterocycles. The Morgan fingerprint density at radius 2 is 2.23 bits per heavy atom. The maximum atomic E-state index is 12.3. The van der Waals surface area contributed by atoms with E-state index in [1.165, 1.54) is 11.5 Å². The highest BCUT2D eigenvalue weighted by atomic mass is 32.1. The first-order chi connectivity index (χ1) is 10.6. The van der Waals surface area contributed by atoms with Crippen LogP contribution in [-0.4, -0.2) is 33.4 Å². The predicted octanol–water partition coefficient (Wildman–Crippen LogP) is 2.64. The normalized spacial score (nSPS) is 10.9. The summed E-state index contributed by atoms with van der Waals surface area (Å²) in [4.78, 5) is 16.3. The number of benzene rings is 1. The van der Waals surface area contributed by atoms with Crippen molar-refractivity contribution in [2.75, 3.05) is 19.0 Å². The molecule has 0 atom stereocenters. The van der Waals surface area contributed by atoms with E-state index in [2.05, 4.69) is 14.7 Å². The van der Waals surface area contributed by atoms with Gasteiger partial charge in [-0.2, -0.15) is 4.37 Å². The van der Waals surface area contributed by atoms with Gasteiger partial charge in [0.25, 0.3) is 0 Å². The molecule has 0 radical (unpaired) electrons. The van der Waals surface area contributed by atoms with Gasteiger partial charge in [-0.15, -0.1) is 0 Å². The van der Waals surface area contributed by atoms with Gasteiger partial charge in [-0.3, -0.25) is 4.79 Å². The van der Waals surface area contributed by atoms with Crippen molar-refractivity contribution in [3.8, 4) is 5.88 Å². The Balaban J connectivity index is 1.88. The Labute approximate surface area is 131 Å². The predicted molar refractivity (Wildman–Crippen MR) is 86.9 cm³/mol. The molecule has 22 heavy (non-hydrogen) atoms. The summed E-state index contributed by atoms with van der Waals surface area (Å²) in [5.41, 5.74) is 3.35. The summed E-state index contributed by atoms with van der Waals surface area (Å²) in [6.07, 6.45) is 0. The molecule has 0 spiro atoms. The second-order valence-electron chi connectivity index (χ2n) is 4.95. The monoisotopic (exact) mass is 316 g/mol. The van der Waals surface area contributed by atoms with Crippen LogP contribution < -0.4 is 10.1 Å². The number of fused-ring (bicyclic) bond motifs is 1. The van der Waals surface area contributed by atoms with Gasteiger partial charge in [0, 0.05) is 29.1 Å². The summed E-state index contributed by atoms with van der Waals surface area (Å²) in [6.45, 7) is 2.18. The lowest BCUT2D eigenvalue weighted by atomic mass is 10.1. The molecule has 3 rings (SSSR count). The van der Waals surface area contributed by atoms with Crippen LogP contribution >= 0.6 is 11.5 Å². The molecule has 0 aliphatic rings. The minimum atomic E-state index is -0.00100. The van der Waals surface area contributed by atoms with E-state index in [0.717, 1.165) is 22.3 Å². The maximum absolute atomic E-state index is 12.3. The number of carbonyl (C=O) groups is 1. The highest BCUT2D eigenvalue weighted by molar-refractivity contribution is 7.03. The number of Topliss-reactive ketones (excluding diaryl/α,β-unsaturated/α-hetero) is 1. The van der Waals surface area contributed by atoms with E-state index in [-0.39, 0.29) is 12.3 Å². The number of anilines is 1. The molecular weight excluding hydrogens is 300 g/mol. The van der Waals surface area contributed by atoms with Crippen molar-refractivity contribution < 1.29 is 9.53 Å². The molecule has 2 aromatic heterocycles. The van der Waals surface area contributed by atoms with Gasteiger partial charge in [0.05, 0.1) is 13.7 Å². The van der Waals surface area contributed by atoms with Crippen LogP contribution in [0.1, 0.15) is 16.1 Å². The molecule has 0 aliphatic heterocycles. The molecule has 1 N–H and O–H groups in total. The van der Waals surface area contributed by atoms with Gasteiger partial charge in [0.15, 0.2) is 5.78 Å². The van der Waals surface area contributed by atoms with Gasteiger partial charge in [-0.25, -0.2) is 4.98 Å². The van der Waals surface area contributed by atoms with E-state index in [1.807, 2.05) is 36.7 Å². The third kappa shape index (κ3) is 2.43. The Morgan fingerprint density at radius 1 is 1.41 bits per heavy atom. The van der Waals surface area contributed by atoms with E-state index in [4.69, 9.17) is 4.74 Å². The number of rotatable bonds is 5. The van der Waals surface area contributed by atoms with Crippen LogP contribution in [0.25, 0.3) is 10.8 Å². The smallest absolute Gasteiger partial charge is 0.234 e.